The number of aromatic nitrogens is 1. The average Bonchev–Trinajstić information content (AvgIpc) is 3.16. The van der Waals surface area contributed by atoms with Crippen molar-refractivity contribution in [1.29, 1.82) is 0 Å². The number of hydrazone groups is 1. The summed E-state index contributed by atoms with van der Waals surface area (Å²) in [6.07, 6.45) is -0.879. The SMILES string of the molecule is CC(=O)C1=CC(c2ccc(NC(=O)Nc3cc(C(F)(F)F)ccn3)c(F)c2)C2C(N)=NC=NN12. The molecule has 2 aliphatic rings. The van der Waals surface area contributed by atoms with Crippen molar-refractivity contribution in [3.05, 3.63) is 65.2 Å². The number of ketones is 1. The Morgan fingerprint density at radius 2 is 1.91 bits per heavy atom. The molecule has 0 fully saturated rings. The number of carbonyl (C=O) groups excluding carboxylic acids is 2. The lowest BCUT2D eigenvalue weighted by Gasteiger charge is -2.29. The topological polar surface area (TPSA) is 125 Å². The van der Waals surface area contributed by atoms with Gasteiger partial charge in [0, 0.05) is 19.0 Å². The Hall–Kier alpha value is -4.29. The van der Waals surface area contributed by atoms with Crippen LogP contribution in [-0.4, -0.2) is 40.0 Å². The first-order valence-corrected chi connectivity index (χ1v) is 9.83. The van der Waals surface area contributed by atoms with E-state index in [1.54, 1.807) is 6.08 Å². The van der Waals surface area contributed by atoms with Gasteiger partial charge in [-0.3, -0.25) is 10.1 Å². The van der Waals surface area contributed by atoms with E-state index in [1.165, 1.54) is 30.4 Å². The summed E-state index contributed by atoms with van der Waals surface area (Å²) in [4.78, 5) is 31.8. The normalized spacial score (nSPS) is 19.3. The van der Waals surface area contributed by atoms with Crippen molar-refractivity contribution < 1.29 is 27.2 Å². The first kappa shape index (κ1) is 22.9. The third-order valence-corrected chi connectivity index (χ3v) is 5.19. The molecule has 176 valence electrons. The van der Waals surface area contributed by atoms with Gasteiger partial charge in [0.2, 0.25) is 0 Å². The number of urea groups is 1. The van der Waals surface area contributed by atoms with Crippen molar-refractivity contribution in [3.8, 4) is 0 Å². The van der Waals surface area contributed by atoms with Crippen LogP contribution in [0.15, 0.2) is 58.4 Å². The lowest BCUT2D eigenvalue weighted by atomic mass is 9.92. The fraction of sp³-hybridized carbons (Fsp3) is 0.190. The van der Waals surface area contributed by atoms with E-state index in [0.29, 0.717) is 17.3 Å². The monoisotopic (exact) mass is 475 g/mol. The number of anilines is 2. The molecule has 4 N–H and O–H groups in total. The van der Waals surface area contributed by atoms with Gasteiger partial charge in [-0.1, -0.05) is 6.07 Å². The molecule has 0 bridgehead atoms. The highest BCUT2D eigenvalue weighted by Gasteiger charge is 2.41. The molecule has 2 atom stereocenters. The lowest BCUT2D eigenvalue weighted by Crippen LogP contribution is -2.44. The molecule has 9 nitrogen and oxygen atoms in total. The van der Waals surface area contributed by atoms with E-state index < -0.39 is 35.5 Å². The maximum Gasteiger partial charge on any atom is 0.416 e. The smallest absolute Gasteiger partial charge is 0.385 e. The number of pyridine rings is 1. The summed E-state index contributed by atoms with van der Waals surface area (Å²) < 4.78 is 53.2. The molecule has 1 aromatic carbocycles. The summed E-state index contributed by atoms with van der Waals surface area (Å²) in [7, 11) is 0. The zero-order valence-electron chi connectivity index (χ0n) is 17.5. The van der Waals surface area contributed by atoms with Crippen molar-refractivity contribution in [2.24, 2.45) is 15.8 Å². The van der Waals surface area contributed by atoms with Gasteiger partial charge in [0.05, 0.1) is 16.9 Å². The number of nitrogens with zero attached hydrogens (tertiary/aromatic N) is 4. The number of benzene rings is 1. The van der Waals surface area contributed by atoms with E-state index in [9.17, 15) is 27.2 Å². The highest BCUT2D eigenvalue weighted by Crippen LogP contribution is 2.37. The minimum Gasteiger partial charge on any atom is -0.385 e. The summed E-state index contributed by atoms with van der Waals surface area (Å²) in [5.74, 6) is -1.76. The van der Waals surface area contributed by atoms with Gasteiger partial charge < -0.3 is 11.1 Å². The van der Waals surface area contributed by atoms with Crippen molar-refractivity contribution in [2.75, 3.05) is 10.6 Å². The molecule has 34 heavy (non-hydrogen) atoms. The molecule has 0 radical (unpaired) electrons. The number of Topliss-reactive ketones (excluding diaryl/α,β-unsaturated/α-hetero) is 1. The lowest BCUT2D eigenvalue weighted by molar-refractivity contribution is -0.137. The number of alkyl halides is 3. The number of amides is 2. The molecule has 2 aliphatic heterocycles. The number of hydrogen-bond acceptors (Lipinski definition) is 7. The van der Waals surface area contributed by atoms with Gasteiger partial charge in [0.25, 0.3) is 0 Å². The number of aliphatic imine (C=N–C) groups is 1. The van der Waals surface area contributed by atoms with Crippen LogP contribution in [0.5, 0.6) is 0 Å². The van der Waals surface area contributed by atoms with Crippen LogP contribution in [0.4, 0.5) is 33.9 Å². The quantitative estimate of drug-likeness (QED) is 0.585. The number of nitrogens with one attached hydrogen (secondary N) is 2. The van der Waals surface area contributed by atoms with Crippen LogP contribution >= 0.6 is 0 Å². The van der Waals surface area contributed by atoms with Gasteiger partial charge in [0.15, 0.2) is 5.78 Å². The van der Waals surface area contributed by atoms with Crippen LogP contribution in [0.1, 0.15) is 24.0 Å². The van der Waals surface area contributed by atoms with Gasteiger partial charge in [-0.2, -0.15) is 18.3 Å². The Bertz CT molecular complexity index is 1260. The van der Waals surface area contributed by atoms with E-state index in [1.807, 2.05) is 0 Å². The summed E-state index contributed by atoms with van der Waals surface area (Å²) >= 11 is 0. The standard InChI is InChI=1S/C21H17F4N7O2/c1-10(33)16-8-13(18-19(26)28-9-29-32(16)18)11-2-3-15(14(22)6-11)30-20(34)31-17-7-12(4-5-27-17)21(23,24)25/h2-9,13,18H,1H3,(H2,26,28,29)(H2,27,30,31,34). The molecule has 0 spiro atoms. The van der Waals surface area contributed by atoms with Gasteiger partial charge in [-0.25, -0.2) is 24.2 Å². The summed E-state index contributed by atoms with van der Waals surface area (Å²) in [5, 5.41) is 9.86. The number of halogens is 4. The summed E-state index contributed by atoms with van der Waals surface area (Å²) in [5.41, 5.74) is 5.52. The first-order chi connectivity index (χ1) is 16.0. The molecule has 2 amide bonds. The number of rotatable bonds is 4. The zero-order chi connectivity index (χ0) is 24.6. The molecular weight excluding hydrogens is 458 g/mol. The van der Waals surface area contributed by atoms with Crippen molar-refractivity contribution in [2.45, 2.75) is 25.1 Å². The molecule has 2 aromatic rings. The molecule has 4 rings (SSSR count). The van der Waals surface area contributed by atoms with Crippen LogP contribution in [0.2, 0.25) is 0 Å². The van der Waals surface area contributed by atoms with E-state index in [2.05, 4.69) is 25.7 Å². The van der Waals surface area contributed by atoms with Gasteiger partial charge in [-0.15, -0.1) is 0 Å². The predicted molar refractivity (Wildman–Crippen MR) is 116 cm³/mol. The highest BCUT2D eigenvalue weighted by molar-refractivity contribution is 6.00. The fourth-order valence-electron chi connectivity index (χ4n) is 3.65. The van der Waals surface area contributed by atoms with E-state index >= 15 is 0 Å². The number of hydrogen-bond donors (Lipinski definition) is 3. The van der Waals surface area contributed by atoms with Gasteiger partial charge in [-0.05, 0) is 35.9 Å². The molecular formula is C21H17F4N7O2. The van der Waals surface area contributed by atoms with Crippen LogP contribution in [0.3, 0.4) is 0 Å². The van der Waals surface area contributed by atoms with Gasteiger partial charge in [0.1, 0.15) is 29.9 Å². The van der Waals surface area contributed by atoms with Crippen LogP contribution in [-0.2, 0) is 11.0 Å². The predicted octanol–water partition coefficient (Wildman–Crippen LogP) is 3.44. The van der Waals surface area contributed by atoms with Gasteiger partial charge >= 0.3 is 12.2 Å². The van der Waals surface area contributed by atoms with Crippen LogP contribution < -0.4 is 16.4 Å². The highest BCUT2D eigenvalue weighted by atomic mass is 19.4. The van der Waals surface area contributed by atoms with Crippen LogP contribution in [0.25, 0.3) is 0 Å². The number of nitrogens with two attached hydrogens (primary N) is 1. The first-order valence-electron chi connectivity index (χ1n) is 9.83. The Labute approximate surface area is 190 Å². The number of fused-ring (bicyclic) bond motifs is 1. The van der Waals surface area contributed by atoms with E-state index in [4.69, 9.17) is 5.73 Å². The molecule has 0 saturated carbocycles. The molecule has 0 saturated heterocycles. The molecule has 13 heteroatoms. The molecule has 3 heterocycles. The van der Waals surface area contributed by atoms with E-state index in [-0.39, 0.29) is 23.1 Å². The second-order valence-electron chi connectivity index (χ2n) is 7.45. The van der Waals surface area contributed by atoms with Crippen molar-refractivity contribution >= 4 is 35.5 Å². The molecule has 1 aromatic heterocycles. The third kappa shape index (κ3) is 4.44. The average molecular weight is 475 g/mol. The Morgan fingerprint density at radius 1 is 1.15 bits per heavy atom. The maximum atomic E-state index is 14.8. The van der Waals surface area contributed by atoms with Crippen LogP contribution in [0, 0.1) is 5.82 Å². The second kappa shape index (κ2) is 8.57. The Balaban J connectivity index is 1.52. The summed E-state index contributed by atoms with van der Waals surface area (Å²) in [6, 6.07) is 3.78. The largest absolute Gasteiger partial charge is 0.416 e. The minimum absolute atomic E-state index is 0.197. The number of amidine groups is 1. The molecule has 0 aliphatic carbocycles. The second-order valence-corrected chi connectivity index (χ2v) is 7.45. The maximum absolute atomic E-state index is 14.8. The van der Waals surface area contributed by atoms with E-state index in [0.717, 1.165) is 18.3 Å². The minimum atomic E-state index is -4.61. The zero-order valence-corrected chi connectivity index (χ0v) is 17.5. The van der Waals surface area contributed by atoms with Crippen molar-refractivity contribution in [1.82, 2.24) is 9.99 Å². The van der Waals surface area contributed by atoms with Crippen molar-refractivity contribution in [3.63, 3.8) is 0 Å². The number of carbonyl (C=O) groups is 2. The molecule has 2 unspecified atom stereocenters. The number of allylic oxidation sites excluding steroid dienone is 1. The Kier molecular flexibility index (Phi) is 5.77. The Morgan fingerprint density at radius 3 is 2.59 bits per heavy atom. The third-order valence-electron chi connectivity index (χ3n) is 5.19. The summed E-state index contributed by atoms with van der Waals surface area (Å²) in [6.45, 7) is 1.37. The fourth-order valence-corrected chi connectivity index (χ4v) is 3.65.